The van der Waals surface area contributed by atoms with Crippen LogP contribution < -0.4 is 10.7 Å². The fraction of sp³-hybridized carbons (Fsp3) is 0.545. The first-order chi connectivity index (χ1) is 13.3. The summed E-state index contributed by atoms with van der Waals surface area (Å²) in [5, 5.41) is 12.8. The van der Waals surface area contributed by atoms with Crippen molar-refractivity contribution in [2.45, 2.75) is 57.7 Å². The Hall–Kier alpha value is -2.34. The van der Waals surface area contributed by atoms with E-state index in [0.717, 1.165) is 49.9 Å². The summed E-state index contributed by atoms with van der Waals surface area (Å²) in [4.78, 5) is 27.9. The molecule has 0 aliphatic carbocycles. The fourth-order valence-electron chi connectivity index (χ4n) is 5.02. The zero-order chi connectivity index (χ0) is 20.1. The van der Waals surface area contributed by atoms with Crippen LogP contribution in [-0.2, 0) is 6.54 Å². The molecule has 150 valence electrons. The molecular weight excluding hydrogens is 354 g/mol. The van der Waals surface area contributed by atoms with E-state index in [1.807, 2.05) is 31.4 Å². The number of carboxylic acid groups (broad SMARTS) is 1. The standard InChI is InChI=1S/C22H29N3O3/c1-22(2,3)25(21(27)28)17-9-11-23(12-10-17)13-16-14-24-19(26)8-7-15-5-4-6-18(16)20(15)24/h4-8,16-17H,9-14H2,1-3H3,(H,27,28)/p-1. The van der Waals surface area contributed by atoms with Gasteiger partial charge in [-0.3, -0.25) is 4.79 Å². The number of likely N-dealkylation sites (tertiary alicyclic amines) is 1. The van der Waals surface area contributed by atoms with E-state index in [-0.39, 0.29) is 11.6 Å². The number of carbonyl (C=O) groups is 1. The monoisotopic (exact) mass is 382 g/mol. The van der Waals surface area contributed by atoms with Gasteiger partial charge >= 0.3 is 0 Å². The van der Waals surface area contributed by atoms with E-state index in [9.17, 15) is 14.7 Å². The lowest BCUT2D eigenvalue weighted by Gasteiger charge is -2.47. The van der Waals surface area contributed by atoms with Gasteiger partial charge in [0, 0.05) is 49.7 Å². The van der Waals surface area contributed by atoms with Gasteiger partial charge in [0.25, 0.3) is 5.56 Å². The molecule has 0 spiro atoms. The number of hydrogen-bond acceptors (Lipinski definition) is 4. The van der Waals surface area contributed by atoms with Crippen LogP contribution >= 0.6 is 0 Å². The van der Waals surface area contributed by atoms with Crippen LogP contribution in [0.5, 0.6) is 0 Å². The maximum atomic E-state index is 12.3. The van der Waals surface area contributed by atoms with E-state index in [2.05, 4.69) is 23.1 Å². The van der Waals surface area contributed by atoms with Crippen molar-refractivity contribution in [3.8, 4) is 0 Å². The van der Waals surface area contributed by atoms with Gasteiger partial charge in [0.1, 0.15) is 6.09 Å². The van der Waals surface area contributed by atoms with Gasteiger partial charge in [-0.25, -0.2) is 0 Å². The van der Waals surface area contributed by atoms with Gasteiger partial charge in [0.15, 0.2) is 0 Å². The molecular formula is C22H28N3O3-. The van der Waals surface area contributed by atoms with Crippen molar-refractivity contribution in [2.24, 2.45) is 0 Å². The maximum absolute atomic E-state index is 12.3. The van der Waals surface area contributed by atoms with E-state index in [1.165, 1.54) is 10.5 Å². The predicted molar refractivity (Wildman–Crippen MR) is 107 cm³/mol. The van der Waals surface area contributed by atoms with Crippen molar-refractivity contribution in [3.63, 3.8) is 0 Å². The Kier molecular flexibility index (Phi) is 4.70. The summed E-state index contributed by atoms with van der Waals surface area (Å²) in [6.45, 7) is 9.11. The van der Waals surface area contributed by atoms with Crippen LogP contribution in [-0.4, -0.2) is 51.7 Å². The smallest absolute Gasteiger partial charge is 0.251 e. The van der Waals surface area contributed by atoms with Gasteiger partial charge in [-0.1, -0.05) is 18.2 Å². The minimum absolute atomic E-state index is 0.00748. The van der Waals surface area contributed by atoms with Gasteiger partial charge in [-0.05, 0) is 50.6 Å². The Morgan fingerprint density at radius 2 is 1.89 bits per heavy atom. The van der Waals surface area contributed by atoms with Crippen molar-refractivity contribution >= 4 is 17.0 Å². The second kappa shape index (κ2) is 6.92. The Morgan fingerprint density at radius 1 is 1.18 bits per heavy atom. The molecule has 3 heterocycles. The van der Waals surface area contributed by atoms with Crippen LogP contribution in [0.2, 0.25) is 0 Å². The minimum atomic E-state index is -1.08. The van der Waals surface area contributed by atoms with Gasteiger partial charge in [-0.2, -0.15) is 0 Å². The second-order valence-electron chi connectivity index (χ2n) is 9.10. The maximum Gasteiger partial charge on any atom is 0.251 e. The van der Waals surface area contributed by atoms with Crippen molar-refractivity contribution in [2.75, 3.05) is 19.6 Å². The third-order valence-electron chi connectivity index (χ3n) is 6.20. The molecule has 28 heavy (non-hydrogen) atoms. The summed E-state index contributed by atoms with van der Waals surface area (Å²) in [6, 6.07) is 9.84. The van der Waals surface area contributed by atoms with Crippen LogP contribution in [0, 0.1) is 0 Å². The molecule has 1 unspecified atom stereocenters. The highest BCUT2D eigenvalue weighted by molar-refractivity contribution is 5.84. The van der Waals surface area contributed by atoms with Crippen LogP contribution in [0.25, 0.3) is 10.9 Å². The molecule has 1 amide bonds. The number of rotatable bonds is 3. The van der Waals surface area contributed by atoms with Crippen molar-refractivity contribution in [1.29, 1.82) is 0 Å². The van der Waals surface area contributed by atoms with Crippen LogP contribution in [0.4, 0.5) is 4.79 Å². The first-order valence-electron chi connectivity index (χ1n) is 10.1. The van der Waals surface area contributed by atoms with E-state index in [4.69, 9.17) is 0 Å². The summed E-state index contributed by atoms with van der Waals surface area (Å²) >= 11 is 0. The Bertz CT molecular complexity index is 952. The number of nitrogens with zero attached hydrogens (tertiary/aromatic N) is 3. The predicted octanol–water partition coefficient (Wildman–Crippen LogP) is 2.01. The number of hydrogen-bond donors (Lipinski definition) is 0. The molecule has 6 heteroatoms. The highest BCUT2D eigenvalue weighted by Crippen LogP contribution is 2.34. The molecule has 0 saturated carbocycles. The van der Waals surface area contributed by atoms with Crippen molar-refractivity contribution in [1.82, 2.24) is 14.4 Å². The number of pyridine rings is 1. The van der Waals surface area contributed by atoms with Gasteiger partial charge in [0.2, 0.25) is 0 Å². The van der Waals surface area contributed by atoms with E-state index < -0.39 is 11.6 Å². The molecule has 4 rings (SSSR count). The highest BCUT2D eigenvalue weighted by atomic mass is 16.4. The SMILES string of the molecule is CC(C)(C)N(C(=O)[O-])C1CCN(CC2Cn3c(=O)ccc4cccc2c43)CC1. The molecule has 0 radical (unpaired) electrons. The Balaban J connectivity index is 1.46. The molecule has 1 fully saturated rings. The lowest BCUT2D eigenvalue weighted by molar-refractivity contribution is -0.274. The molecule has 2 aliphatic heterocycles. The lowest BCUT2D eigenvalue weighted by atomic mass is 9.95. The number of carbonyl (C=O) groups excluding carboxylic acids is 1. The zero-order valence-corrected chi connectivity index (χ0v) is 16.9. The molecule has 2 aromatic rings. The number of piperidine rings is 1. The summed E-state index contributed by atoms with van der Waals surface area (Å²) in [7, 11) is 0. The molecule has 1 aromatic heterocycles. The molecule has 6 nitrogen and oxygen atoms in total. The van der Waals surface area contributed by atoms with Crippen molar-refractivity contribution < 1.29 is 9.90 Å². The third kappa shape index (κ3) is 3.30. The number of para-hydroxylation sites is 1. The minimum Gasteiger partial charge on any atom is -0.530 e. The second-order valence-corrected chi connectivity index (χ2v) is 9.10. The fourth-order valence-corrected chi connectivity index (χ4v) is 5.02. The van der Waals surface area contributed by atoms with Gasteiger partial charge in [0.05, 0.1) is 5.52 Å². The average Bonchev–Trinajstić information content (AvgIpc) is 2.99. The zero-order valence-electron chi connectivity index (χ0n) is 16.9. The lowest BCUT2D eigenvalue weighted by Crippen LogP contribution is -2.59. The first kappa shape index (κ1) is 19.0. The molecule has 1 atom stereocenters. The normalized spacial score (nSPS) is 20.6. The molecule has 0 bridgehead atoms. The van der Waals surface area contributed by atoms with Crippen molar-refractivity contribution in [3.05, 3.63) is 46.2 Å². The summed E-state index contributed by atoms with van der Waals surface area (Å²) in [5.74, 6) is 0.301. The molecule has 1 saturated heterocycles. The Labute approximate surface area is 165 Å². The number of benzene rings is 1. The van der Waals surface area contributed by atoms with Crippen LogP contribution in [0.1, 0.15) is 45.1 Å². The average molecular weight is 382 g/mol. The largest absolute Gasteiger partial charge is 0.530 e. The molecule has 1 aromatic carbocycles. The first-order valence-corrected chi connectivity index (χ1v) is 10.1. The van der Waals surface area contributed by atoms with E-state index >= 15 is 0 Å². The van der Waals surface area contributed by atoms with Gasteiger partial charge < -0.3 is 24.3 Å². The van der Waals surface area contributed by atoms with E-state index in [0.29, 0.717) is 5.92 Å². The Morgan fingerprint density at radius 3 is 2.54 bits per heavy atom. The third-order valence-corrected chi connectivity index (χ3v) is 6.20. The van der Waals surface area contributed by atoms with Gasteiger partial charge in [-0.15, -0.1) is 0 Å². The number of aromatic nitrogens is 1. The van der Waals surface area contributed by atoms with Crippen LogP contribution in [0.3, 0.4) is 0 Å². The summed E-state index contributed by atoms with van der Waals surface area (Å²) in [6.07, 6.45) is 0.549. The summed E-state index contributed by atoms with van der Waals surface area (Å²) in [5.41, 5.74) is 1.94. The van der Waals surface area contributed by atoms with Crippen LogP contribution in [0.15, 0.2) is 35.1 Å². The summed E-state index contributed by atoms with van der Waals surface area (Å²) < 4.78 is 1.90. The van der Waals surface area contributed by atoms with E-state index in [1.54, 1.807) is 6.07 Å². The highest BCUT2D eigenvalue weighted by Gasteiger charge is 2.33. The quantitative estimate of drug-likeness (QED) is 0.814. The molecule has 0 N–H and O–H groups in total. The topological polar surface area (TPSA) is 68.6 Å². The molecule has 2 aliphatic rings. The number of amides is 1.